The van der Waals surface area contributed by atoms with Gasteiger partial charge in [0.15, 0.2) is 11.5 Å². The van der Waals surface area contributed by atoms with E-state index in [9.17, 15) is 23.2 Å². The summed E-state index contributed by atoms with van der Waals surface area (Å²) in [6.45, 7) is -0.411. The molecule has 8 nitrogen and oxygen atoms in total. The molecule has 0 bridgehead atoms. The Balaban J connectivity index is 1.33. The van der Waals surface area contributed by atoms with Crippen LogP contribution in [-0.2, 0) is 16.1 Å². The van der Waals surface area contributed by atoms with E-state index in [0.717, 1.165) is 24.0 Å². The molecular formula is C26H27F2N3O5. The van der Waals surface area contributed by atoms with Crippen molar-refractivity contribution in [3.63, 3.8) is 0 Å². The lowest BCUT2D eigenvalue weighted by atomic mass is 9.95. The highest BCUT2D eigenvalue weighted by molar-refractivity contribution is 6.01. The Labute approximate surface area is 206 Å². The molecule has 2 aromatic carbocycles. The Hall–Kier alpha value is -3.69. The van der Waals surface area contributed by atoms with Crippen LogP contribution in [0.25, 0.3) is 0 Å². The largest absolute Gasteiger partial charge is 0.489 e. The number of nitrogens with one attached hydrogen (secondary N) is 2. The summed E-state index contributed by atoms with van der Waals surface area (Å²) in [6, 6.07) is 9.18. The highest BCUT2D eigenvalue weighted by Gasteiger charge is 2.39. The monoisotopic (exact) mass is 499 g/mol. The predicted molar refractivity (Wildman–Crippen MR) is 126 cm³/mol. The topological polar surface area (TPSA) is 97.0 Å². The zero-order valence-electron chi connectivity index (χ0n) is 19.8. The molecule has 190 valence electrons. The molecule has 0 aromatic heterocycles. The number of carbonyl (C=O) groups excluding carboxylic acids is 3. The summed E-state index contributed by atoms with van der Waals surface area (Å²) in [5.41, 5.74) is 2.71. The van der Waals surface area contributed by atoms with Gasteiger partial charge in [0.05, 0.1) is 6.61 Å². The van der Waals surface area contributed by atoms with E-state index in [2.05, 4.69) is 15.4 Å². The quantitative estimate of drug-likeness (QED) is 0.578. The first-order valence-electron chi connectivity index (χ1n) is 12.0. The molecule has 2 atom stereocenters. The van der Waals surface area contributed by atoms with Gasteiger partial charge >= 0.3 is 6.61 Å². The van der Waals surface area contributed by atoms with Crippen LogP contribution in [0, 0.1) is 5.92 Å². The fourth-order valence-electron chi connectivity index (χ4n) is 4.79. The van der Waals surface area contributed by atoms with Gasteiger partial charge in [0, 0.05) is 37.2 Å². The second-order valence-electron chi connectivity index (χ2n) is 9.50. The molecule has 10 heteroatoms. The van der Waals surface area contributed by atoms with E-state index in [1.165, 1.54) is 17.9 Å². The van der Waals surface area contributed by atoms with Crippen molar-refractivity contribution < 1.29 is 32.6 Å². The molecular weight excluding hydrogens is 472 g/mol. The molecule has 5 rings (SSSR count). The maximum atomic E-state index is 13.2. The number of fused-ring (bicyclic) bond motifs is 1. The van der Waals surface area contributed by atoms with Crippen molar-refractivity contribution in [1.29, 1.82) is 0 Å². The van der Waals surface area contributed by atoms with Crippen molar-refractivity contribution >= 4 is 23.4 Å². The number of carbonyl (C=O) groups is 3. The third kappa shape index (κ3) is 5.12. The molecule has 3 amide bonds. The van der Waals surface area contributed by atoms with Crippen LogP contribution < -0.4 is 20.1 Å². The minimum atomic E-state index is -2.97. The van der Waals surface area contributed by atoms with Crippen LogP contribution in [0.3, 0.4) is 0 Å². The summed E-state index contributed by atoms with van der Waals surface area (Å²) in [4.78, 5) is 38.9. The Kier molecular flexibility index (Phi) is 6.51. The lowest BCUT2D eigenvalue weighted by Crippen LogP contribution is -2.42. The van der Waals surface area contributed by atoms with Crippen molar-refractivity contribution in [2.24, 2.45) is 5.92 Å². The number of hydrogen-bond donors (Lipinski definition) is 2. The fourth-order valence-corrected chi connectivity index (χ4v) is 4.79. The first kappa shape index (κ1) is 24.0. The minimum absolute atomic E-state index is 0.0327. The van der Waals surface area contributed by atoms with Crippen LogP contribution in [0.1, 0.15) is 53.6 Å². The normalized spacial score (nSPS) is 20.8. The molecule has 1 saturated heterocycles. The molecule has 1 unspecified atom stereocenters. The number of anilines is 1. The van der Waals surface area contributed by atoms with Crippen LogP contribution in [0.15, 0.2) is 36.4 Å². The SMILES string of the molecule is CC(=O)N1CC(c2ccc(OC(F)F)c(OCC3CC3)c2)C[C@H]1C(=O)Nc1ccc2c(c1)CNC2=O. The van der Waals surface area contributed by atoms with Crippen molar-refractivity contribution in [1.82, 2.24) is 10.2 Å². The van der Waals surface area contributed by atoms with Gasteiger partial charge in [-0.2, -0.15) is 8.78 Å². The lowest BCUT2D eigenvalue weighted by Gasteiger charge is -2.22. The Morgan fingerprint density at radius 1 is 1.17 bits per heavy atom. The van der Waals surface area contributed by atoms with Gasteiger partial charge in [-0.3, -0.25) is 14.4 Å². The fraction of sp³-hybridized carbons (Fsp3) is 0.423. The lowest BCUT2D eigenvalue weighted by molar-refractivity contribution is -0.134. The van der Waals surface area contributed by atoms with Gasteiger partial charge in [0.25, 0.3) is 5.91 Å². The number of nitrogens with zero attached hydrogens (tertiary/aromatic N) is 1. The average molecular weight is 500 g/mol. The number of hydrogen-bond acceptors (Lipinski definition) is 5. The molecule has 3 aliphatic rings. The van der Waals surface area contributed by atoms with Gasteiger partial charge in [-0.25, -0.2) is 0 Å². The number of ether oxygens (including phenoxy) is 2. The smallest absolute Gasteiger partial charge is 0.387 e. The number of likely N-dealkylation sites (tertiary alicyclic amines) is 1. The van der Waals surface area contributed by atoms with E-state index < -0.39 is 12.7 Å². The molecule has 2 aromatic rings. The highest BCUT2D eigenvalue weighted by Crippen LogP contribution is 2.39. The summed E-state index contributed by atoms with van der Waals surface area (Å²) in [7, 11) is 0. The van der Waals surface area contributed by atoms with Gasteiger partial charge in [-0.1, -0.05) is 6.07 Å². The van der Waals surface area contributed by atoms with Gasteiger partial charge in [0.2, 0.25) is 11.8 Å². The number of halogens is 2. The molecule has 2 N–H and O–H groups in total. The van der Waals surface area contributed by atoms with Crippen molar-refractivity contribution in [2.45, 2.75) is 51.3 Å². The third-order valence-electron chi connectivity index (χ3n) is 6.89. The first-order valence-corrected chi connectivity index (χ1v) is 12.0. The predicted octanol–water partition coefficient (Wildman–Crippen LogP) is 3.66. The molecule has 36 heavy (non-hydrogen) atoms. The second-order valence-corrected chi connectivity index (χ2v) is 9.50. The Morgan fingerprint density at radius 3 is 2.69 bits per heavy atom. The summed E-state index contributed by atoms with van der Waals surface area (Å²) >= 11 is 0. The average Bonchev–Trinajstić information content (AvgIpc) is 3.44. The summed E-state index contributed by atoms with van der Waals surface area (Å²) < 4.78 is 36.2. The molecule has 2 fully saturated rings. The summed E-state index contributed by atoms with van der Waals surface area (Å²) in [5.74, 6) is -0.256. The zero-order chi connectivity index (χ0) is 25.4. The molecule has 1 saturated carbocycles. The van der Waals surface area contributed by atoms with Crippen LogP contribution in [0.5, 0.6) is 11.5 Å². The van der Waals surface area contributed by atoms with Gasteiger partial charge in [-0.15, -0.1) is 0 Å². The standard InChI is InChI=1S/C26H27F2N3O5/c1-14(32)31-12-18(16-4-7-22(36-26(27)28)23(10-16)35-13-15-2-3-15)9-21(31)25(34)30-19-5-6-20-17(8-19)11-29-24(20)33/h4-8,10,15,18,21,26H,2-3,9,11-13H2,1H3,(H,29,33)(H,30,34)/t18?,21-/m0/s1. The van der Waals surface area contributed by atoms with E-state index in [-0.39, 0.29) is 35.1 Å². The molecule has 2 heterocycles. The third-order valence-corrected chi connectivity index (χ3v) is 6.89. The first-order chi connectivity index (χ1) is 17.3. The summed E-state index contributed by atoms with van der Waals surface area (Å²) in [6.07, 6.45) is 2.47. The second kappa shape index (κ2) is 9.75. The van der Waals surface area contributed by atoms with Crippen molar-refractivity contribution in [2.75, 3.05) is 18.5 Å². The zero-order valence-corrected chi connectivity index (χ0v) is 19.8. The van der Waals surface area contributed by atoms with Crippen LogP contribution in [-0.4, -0.2) is 48.4 Å². The molecule has 0 spiro atoms. The Morgan fingerprint density at radius 2 is 1.97 bits per heavy atom. The molecule has 1 aliphatic carbocycles. The van der Waals surface area contributed by atoms with Crippen LogP contribution in [0.4, 0.5) is 14.5 Å². The highest BCUT2D eigenvalue weighted by atomic mass is 19.3. The summed E-state index contributed by atoms with van der Waals surface area (Å²) in [5, 5.41) is 5.61. The van der Waals surface area contributed by atoms with Gasteiger partial charge < -0.3 is 25.0 Å². The van der Waals surface area contributed by atoms with Crippen LogP contribution >= 0.6 is 0 Å². The maximum absolute atomic E-state index is 13.2. The number of rotatable bonds is 8. The van der Waals surface area contributed by atoms with E-state index >= 15 is 0 Å². The van der Waals surface area contributed by atoms with Gasteiger partial charge in [-0.05, 0) is 66.6 Å². The van der Waals surface area contributed by atoms with E-state index in [4.69, 9.17) is 4.74 Å². The van der Waals surface area contributed by atoms with Crippen molar-refractivity contribution in [3.05, 3.63) is 53.1 Å². The number of amides is 3. The minimum Gasteiger partial charge on any atom is -0.489 e. The number of benzene rings is 2. The number of alkyl halides is 2. The van der Waals surface area contributed by atoms with E-state index in [1.807, 2.05) is 0 Å². The van der Waals surface area contributed by atoms with E-state index in [1.54, 1.807) is 30.3 Å². The van der Waals surface area contributed by atoms with Crippen molar-refractivity contribution in [3.8, 4) is 11.5 Å². The van der Waals surface area contributed by atoms with Gasteiger partial charge in [0.1, 0.15) is 6.04 Å². The van der Waals surface area contributed by atoms with Crippen LogP contribution in [0.2, 0.25) is 0 Å². The van der Waals surface area contributed by atoms with E-state index in [0.29, 0.717) is 43.3 Å². The maximum Gasteiger partial charge on any atom is 0.387 e. The Bertz CT molecular complexity index is 1200. The molecule has 2 aliphatic heterocycles. The molecule has 0 radical (unpaired) electrons.